The number of aliphatic hydroxyl groups is 1. The first-order chi connectivity index (χ1) is 12.2. The predicted molar refractivity (Wildman–Crippen MR) is 93.1 cm³/mol. The Kier molecular flexibility index (Phi) is 4.27. The Balaban J connectivity index is 1.46. The highest BCUT2D eigenvalue weighted by Gasteiger charge is 2.38. The zero-order valence-corrected chi connectivity index (χ0v) is 14.2. The van der Waals surface area contributed by atoms with Gasteiger partial charge < -0.3 is 10.0 Å². The van der Waals surface area contributed by atoms with E-state index in [9.17, 15) is 9.90 Å². The fourth-order valence-electron chi connectivity index (χ4n) is 3.96. The van der Waals surface area contributed by atoms with Crippen molar-refractivity contribution < 1.29 is 9.90 Å². The van der Waals surface area contributed by atoms with Crippen LogP contribution in [0.5, 0.6) is 0 Å². The van der Waals surface area contributed by atoms with Crippen molar-refractivity contribution in [3.8, 4) is 0 Å². The highest BCUT2D eigenvalue weighted by molar-refractivity contribution is 5.95. The number of hydrogen-bond acceptors (Lipinski definition) is 5. The molecule has 7 heteroatoms. The highest BCUT2D eigenvalue weighted by atomic mass is 16.3. The molecule has 1 aromatic heterocycles. The molecule has 0 radical (unpaired) electrons. The summed E-state index contributed by atoms with van der Waals surface area (Å²) in [6.45, 7) is 2.29. The number of benzene rings is 1. The highest BCUT2D eigenvalue weighted by Crippen LogP contribution is 2.30. The number of anilines is 1. The molecule has 7 nitrogen and oxygen atoms in total. The van der Waals surface area contributed by atoms with Gasteiger partial charge >= 0.3 is 0 Å². The lowest BCUT2D eigenvalue weighted by Crippen LogP contribution is -2.50. The van der Waals surface area contributed by atoms with Crippen molar-refractivity contribution in [2.45, 2.75) is 31.3 Å². The SMILES string of the molecule is O=C(CN1CCC[C@@](O)(c2cn[nH]n2)C1)N1CCCc2ccccc21. The van der Waals surface area contributed by atoms with Crippen molar-refractivity contribution in [1.82, 2.24) is 20.3 Å². The molecule has 0 spiro atoms. The molecule has 3 heterocycles. The average molecular weight is 341 g/mol. The van der Waals surface area contributed by atoms with Gasteiger partial charge in [-0.25, -0.2) is 0 Å². The molecule has 25 heavy (non-hydrogen) atoms. The van der Waals surface area contributed by atoms with E-state index in [1.807, 2.05) is 28.0 Å². The Labute approximate surface area is 146 Å². The summed E-state index contributed by atoms with van der Waals surface area (Å²) in [6.07, 6.45) is 5.04. The van der Waals surface area contributed by atoms with Gasteiger partial charge in [0.25, 0.3) is 0 Å². The molecule has 1 aromatic carbocycles. The quantitative estimate of drug-likeness (QED) is 0.872. The van der Waals surface area contributed by atoms with Gasteiger partial charge in [-0.05, 0) is 43.9 Å². The second-order valence-electron chi connectivity index (χ2n) is 6.98. The number of likely N-dealkylation sites (tertiary alicyclic amines) is 1. The van der Waals surface area contributed by atoms with E-state index in [-0.39, 0.29) is 5.91 Å². The zero-order chi connectivity index (χ0) is 17.3. The molecule has 2 aliphatic rings. The van der Waals surface area contributed by atoms with Crippen molar-refractivity contribution in [3.05, 3.63) is 41.7 Å². The Bertz CT molecular complexity index is 748. The van der Waals surface area contributed by atoms with E-state index < -0.39 is 5.60 Å². The Hall–Kier alpha value is -2.25. The first-order valence-corrected chi connectivity index (χ1v) is 8.85. The Morgan fingerprint density at radius 3 is 3.00 bits per heavy atom. The number of fused-ring (bicyclic) bond motifs is 1. The van der Waals surface area contributed by atoms with Crippen molar-refractivity contribution in [2.75, 3.05) is 31.1 Å². The van der Waals surface area contributed by atoms with Gasteiger partial charge in [0.15, 0.2) is 0 Å². The lowest BCUT2D eigenvalue weighted by molar-refractivity contribution is -0.122. The minimum atomic E-state index is -1.04. The molecule has 0 aliphatic carbocycles. The predicted octanol–water partition coefficient (Wildman–Crippen LogP) is 1.07. The van der Waals surface area contributed by atoms with Crippen LogP contribution in [-0.4, -0.2) is 57.5 Å². The van der Waals surface area contributed by atoms with Crippen LogP contribution in [0.15, 0.2) is 30.5 Å². The smallest absolute Gasteiger partial charge is 0.241 e. The van der Waals surface area contributed by atoms with Crippen LogP contribution < -0.4 is 4.90 Å². The molecule has 1 amide bonds. The maximum atomic E-state index is 12.9. The summed E-state index contributed by atoms with van der Waals surface area (Å²) < 4.78 is 0. The van der Waals surface area contributed by atoms with Crippen molar-refractivity contribution >= 4 is 11.6 Å². The molecule has 1 atom stereocenters. The molecular weight excluding hydrogens is 318 g/mol. The van der Waals surface area contributed by atoms with Gasteiger partial charge in [-0.2, -0.15) is 15.4 Å². The molecule has 0 bridgehead atoms. The van der Waals surface area contributed by atoms with Crippen LogP contribution in [0.1, 0.15) is 30.5 Å². The second kappa shape index (κ2) is 6.57. The lowest BCUT2D eigenvalue weighted by Gasteiger charge is -2.39. The molecule has 1 saturated heterocycles. The third kappa shape index (κ3) is 3.17. The summed E-state index contributed by atoms with van der Waals surface area (Å²) in [6, 6.07) is 8.12. The number of para-hydroxylation sites is 1. The van der Waals surface area contributed by atoms with E-state index in [1.165, 1.54) is 5.56 Å². The number of aryl methyl sites for hydroxylation is 1. The van der Waals surface area contributed by atoms with Crippen molar-refractivity contribution in [2.24, 2.45) is 0 Å². The van der Waals surface area contributed by atoms with Crippen LogP contribution in [0.4, 0.5) is 5.69 Å². The number of H-pyrrole nitrogens is 1. The van der Waals surface area contributed by atoms with E-state index in [4.69, 9.17) is 0 Å². The van der Waals surface area contributed by atoms with E-state index in [0.717, 1.165) is 38.0 Å². The molecule has 2 N–H and O–H groups in total. The van der Waals surface area contributed by atoms with Crippen LogP contribution in [-0.2, 0) is 16.8 Å². The summed E-state index contributed by atoms with van der Waals surface area (Å²) in [5.41, 5.74) is 1.78. The van der Waals surface area contributed by atoms with Gasteiger partial charge in [-0.3, -0.25) is 9.69 Å². The van der Waals surface area contributed by atoms with Gasteiger partial charge in [-0.15, -0.1) is 0 Å². The largest absolute Gasteiger partial charge is 0.382 e. The van der Waals surface area contributed by atoms with Gasteiger partial charge in [0, 0.05) is 18.8 Å². The van der Waals surface area contributed by atoms with Crippen LogP contribution in [0.2, 0.25) is 0 Å². The summed E-state index contributed by atoms with van der Waals surface area (Å²) in [7, 11) is 0. The number of hydrogen-bond donors (Lipinski definition) is 2. The first kappa shape index (κ1) is 16.2. The molecule has 1 fully saturated rings. The fourth-order valence-corrected chi connectivity index (χ4v) is 3.96. The molecule has 4 rings (SSSR count). The number of nitrogens with one attached hydrogen (secondary N) is 1. The summed E-state index contributed by atoms with van der Waals surface area (Å²) in [5.74, 6) is 0.0940. The zero-order valence-electron chi connectivity index (χ0n) is 14.2. The molecule has 0 saturated carbocycles. The Morgan fingerprint density at radius 2 is 2.16 bits per heavy atom. The van der Waals surface area contributed by atoms with Crippen molar-refractivity contribution in [3.63, 3.8) is 0 Å². The van der Waals surface area contributed by atoms with E-state index >= 15 is 0 Å². The molecular formula is C18H23N5O2. The standard InChI is InChI=1S/C18H23N5O2/c24-17(23-10-3-6-14-5-1-2-7-15(14)23)12-22-9-4-8-18(25,13-22)16-11-19-21-20-16/h1-2,5,7,11,25H,3-4,6,8-10,12-13H2,(H,19,20,21)/t18-/m0/s1. The minimum absolute atomic E-state index is 0.0940. The van der Waals surface area contributed by atoms with Crippen LogP contribution >= 0.6 is 0 Å². The number of aromatic amines is 1. The van der Waals surface area contributed by atoms with Crippen LogP contribution in [0, 0.1) is 0 Å². The normalized spacial score (nSPS) is 24.1. The molecule has 132 valence electrons. The summed E-state index contributed by atoms with van der Waals surface area (Å²) in [4.78, 5) is 16.8. The monoisotopic (exact) mass is 341 g/mol. The summed E-state index contributed by atoms with van der Waals surface area (Å²) in [5, 5.41) is 21.3. The number of rotatable bonds is 3. The molecule has 2 aliphatic heterocycles. The van der Waals surface area contributed by atoms with Crippen molar-refractivity contribution in [1.29, 1.82) is 0 Å². The maximum Gasteiger partial charge on any atom is 0.241 e. The van der Waals surface area contributed by atoms with Crippen LogP contribution in [0.25, 0.3) is 0 Å². The van der Waals surface area contributed by atoms with E-state index in [1.54, 1.807) is 6.20 Å². The maximum absolute atomic E-state index is 12.9. The van der Waals surface area contributed by atoms with Gasteiger partial charge in [0.05, 0.1) is 12.7 Å². The number of aromatic nitrogens is 3. The number of piperidine rings is 1. The summed E-state index contributed by atoms with van der Waals surface area (Å²) >= 11 is 0. The van der Waals surface area contributed by atoms with Gasteiger partial charge in [0.2, 0.25) is 5.91 Å². The van der Waals surface area contributed by atoms with Gasteiger partial charge in [-0.1, -0.05) is 18.2 Å². The lowest BCUT2D eigenvalue weighted by atomic mass is 9.90. The number of carbonyl (C=O) groups is 1. The van der Waals surface area contributed by atoms with E-state index in [0.29, 0.717) is 25.2 Å². The third-order valence-corrected chi connectivity index (χ3v) is 5.21. The van der Waals surface area contributed by atoms with E-state index in [2.05, 4.69) is 21.5 Å². The third-order valence-electron chi connectivity index (χ3n) is 5.21. The minimum Gasteiger partial charge on any atom is -0.382 e. The molecule has 2 aromatic rings. The number of carbonyl (C=O) groups excluding carboxylic acids is 1. The number of β-amino-alcohol motifs (C(OH)–C–C–N with tert-alkyl or cyclic N) is 1. The number of nitrogens with zero attached hydrogens (tertiary/aromatic N) is 4. The van der Waals surface area contributed by atoms with Crippen LogP contribution in [0.3, 0.4) is 0 Å². The number of amides is 1. The average Bonchev–Trinajstić information content (AvgIpc) is 3.17. The topological polar surface area (TPSA) is 85.3 Å². The first-order valence-electron chi connectivity index (χ1n) is 8.85. The fraction of sp³-hybridized carbons (Fsp3) is 0.500. The second-order valence-corrected chi connectivity index (χ2v) is 6.98. The Morgan fingerprint density at radius 1 is 1.28 bits per heavy atom. The van der Waals surface area contributed by atoms with Gasteiger partial charge in [0.1, 0.15) is 11.3 Å². The molecule has 0 unspecified atom stereocenters.